The van der Waals surface area contributed by atoms with Crippen molar-refractivity contribution < 1.29 is 9.21 Å². The lowest BCUT2D eigenvalue weighted by molar-refractivity contribution is -0.135. The SMILES string of the molecule is CCN(Cc1ccco1)C(=O)C(C)CCCN. The molecule has 17 heavy (non-hydrogen) atoms. The van der Waals surface area contributed by atoms with Crippen LogP contribution in [0.15, 0.2) is 22.8 Å². The Kier molecular flexibility index (Phi) is 5.77. The van der Waals surface area contributed by atoms with Gasteiger partial charge in [-0.2, -0.15) is 0 Å². The molecule has 4 nitrogen and oxygen atoms in total. The van der Waals surface area contributed by atoms with Crippen LogP contribution in [-0.2, 0) is 11.3 Å². The Morgan fingerprint density at radius 1 is 1.59 bits per heavy atom. The van der Waals surface area contributed by atoms with Gasteiger partial charge in [-0.15, -0.1) is 0 Å². The second-order valence-corrected chi connectivity index (χ2v) is 4.26. The second kappa shape index (κ2) is 7.12. The van der Waals surface area contributed by atoms with Gasteiger partial charge < -0.3 is 15.1 Å². The molecule has 0 saturated carbocycles. The quantitative estimate of drug-likeness (QED) is 0.790. The fourth-order valence-electron chi connectivity index (χ4n) is 1.80. The van der Waals surface area contributed by atoms with Crippen LogP contribution >= 0.6 is 0 Å². The summed E-state index contributed by atoms with van der Waals surface area (Å²) in [7, 11) is 0. The van der Waals surface area contributed by atoms with Crippen molar-refractivity contribution in [3.8, 4) is 0 Å². The molecule has 1 amide bonds. The van der Waals surface area contributed by atoms with Crippen LogP contribution in [0.2, 0.25) is 0 Å². The van der Waals surface area contributed by atoms with Gasteiger partial charge in [-0.05, 0) is 38.4 Å². The Morgan fingerprint density at radius 3 is 2.88 bits per heavy atom. The number of carbonyl (C=O) groups is 1. The maximum Gasteiger partial charge on any atom is 0.225 e. The molecule has 1 aromatic heterocycles. The highest BCUT2D eigenvalue weighted by atomic mass is 16.3. The number of amides is 1. The van der Waals surface area contributed by atoms with E-state index in [9.17, 15) is 4.79 Å². The first-order chi connectivity index (χ1) is 8.19. The van der Waals surface area contributed by atoms with Gasteiger partial charge >= 0.3 is 0 Å². The van der Waals surface area contributed by atoms with Gasteiger partial charge in [0.1, 0.15) is 5.76 Å². The number of hydrogen-bond acceptors (Lipinski definition) is 3. The zero-order valence-electron chi connectivity index (χ0n) is 10.7. The van der Waals surface area contributed by atoms with Gasteiger partial charge in [0.25, 0.3) is 0 Å². The highest BCUT2D eigenvalue weighted by Gasteiger charge is 2.19. The number of furan rings is 1. The van der Waals surface area contributed by atoms with E-state index in [2.05, 4.69) is 0 Å². The van der Waals surface area contributed by atoms with Crippen molar-refractivity contribution in [3.05, 3.63) is 24.2 Å². The Bertz CT molecular complexity index is 322. The van der Waals surface area contributed by atoms with Crippen molar-refractivity contribution in [1.82, 2.24) is 4.90 Å². The van der Waals surface area contributed by atoms with Crippen LogP contribution in [-0.4, -0.2) is 23.9 Å². The third-order valence-electron chi connectivity index (χ3n) is 2.88. The molecular weight excluding hydrogens is 216 g/mol. The molecule has 0 spiro atoms. The van der Waals surface area contributed by atoms with Crippen molar-refractivity contribution >= 4 is 5.91 Å². The number of nitrogens with two attached hydrogens (primary N) is 1. The zero-order chi connectivity index (χ0) is 12.7. The average Bonchev–Trinajstić information content (AvgIpc) is 2.84. The fraction of sp³-hybridized carbons (Fsp3) is 0.615. The molecule has 0 aliphatic rings. The Balaban J connectivity index is 2.51. The van der Waals surface area contributed by atoms with Gasteiger partial charge in [-0.3, -0.25) is 4.79 Å². The highest BCUT2D eigenvalue weighted by Crippen LogP contribution is 2.13. The summed E-state index contributed by atoms with van der Waals surface area (Å²) in [5.74, 6) is 1.04. The van der Waals surface area contributed by atoms with E-state index < -0.39 is 0 Å². The molecule has 0 fully saturated rings. The number of carbonyl (C=O) groups excluding carboxylic acids is 1. The molecule has 0 saturated heterocycles. The smallest absolute Gasteiger partial charge is 0.225 e. The second-order valence-electron chi connectivity index (χ2n) is 4.26. The Hall–Kier alpha value is -1.29. The predicted molar refractivity (Wildman–Crippen MR) is 67.3 cm³/mol. The van der Waals surface area contributed by atoms with Gasteiger partial charge in [0.15, 0.2) is 0 Å². The topological polar surface area (TPSA) is 59.5 Å². The third kappa shape index (κ3) is 4.23. The maximum absolute atomic E-state index is 12.1. The lowest BCUT2D eigenvalue weighted by Crippen LogP contribution is -2.34. The summed E-state index contributed by atoms with van der Waals surface area (Å²) in [6, 6.07) is 3.73. The van der Waals surface area contributed by atoms with Crippen molar-refractivity contribution in [2.24, 2.45) is 11.7 Å². The van der Waals surface area contributed by atoms with Crippen molar-refractivity contribution in [2.45, 2.75) is 33.2 Å². The summed E-state index contributed by atoms with van der Waals surface area (Å²) in [6.45, 7) is 5.84. The molecule has 4 heteroatoms. The molecule has 0 bridgehead atoms. The summed E-state index contributed by atoms with van der Waals surface area (Å²) in [5.41, 5.74) is 5.46. The molecule has 1 aromatic rings. The van der Waals surface area contributed by atoms with Crippen LogP contribution < -0.4 is 5.73 Å². The summed E-state index contributed by atoms with van der Waals surface area (Å²) >= 11 is 0. The summed E-state index contributed by atoms with van der Waals surface area (Å²) in [6.07, 6.45) is 3.38. The Labute approximate surface area is 103 Å². The largest absolute Gasteiger partial charge is 0.467 e. The van der Waals surface area contributed by atoms with E-state index in [1.54, 1.807) is 6.26 Å². The molecule has 1 heterocycles. The molecule has 1 atom stereocenters. The lowest BCUT2D eigenvalue weighted by Gasteiger charge is -2.23. The lowest BCUT2D eigenvalue weighted by atomic mass is 10.0. The van der Waals surface area contributed by atoms with E-state index in [4.69, 9.17) is 10.2 Å². The van der Waals surface area contributed by atoms with E-state index >= 15 is 0 Å². The van der Waals surface area contributed by atoms with E-state index in [1.165, 1.54) is 0 Å². The van der Waals surface area contributed by atoms with Crippen LogP contribution in [0.4, 0.5) is 0 Å². The van der Waals surface area contributed by atoms with E-state index in [0.29, 0.717) is 19.6 Å². The predicted octanol–water partition coefficient (Wildman–Crippen LogP) is 2.00. The van der Waals surface area contributed by atoms with E-state index in [-0.39, 0.29) is 11.8 Å². The van der Waals surface area contributed by atoms with Crippen LogP contribution in [0.3, 0.4) is 0 Å². The normalized spacial score (nSPS) is 12.4. The minimum Gasteiger partial charge on any atom is -0.467 e. The van der Waals surface area contributed by atoms with Crippen LogP contribution in [0.25, 0.3) is 0 Å². The van der Waals surface area contributed by atoms with E-state index in [1.807, 2.05) is 30.9 Å². The summed E-state index contributed by atoms with van der Waals surface area (Å²) < 4.78 is 5.26. The molecule has 1 unspecified atom stereocenters. The summed E-state index contributed by atoms with van der Waals surface area (Å²) in [5, 5.41) is 0. The number of nitrogens with zero attached hydrogens (tertiary/aromatic N) is 1. The van der Waals surface area contributed by atoms with Gasteiger partial charge in [0, 0.05) is 12.5 Å². The molecular formula is C13H22N2O2. The third-order valence-corrected chi connectivity index (χ3v) is 2.88. The standard InChI is InChI=1S/C13H22N2O2/c1-3-15(10-12-7-5-9-17-12)13(16)11(2)6-4-8-14/h5,7,9,11H,3-4,6,8,10,14H2,1-2H3. The maximum atomic E-state index is 12.1. The van der Waals surface area contributed by atoms with Crippen LogP contribution in [0.5, 0.6) is 0 Å². The first kappa shape index (κ1) is 13.8. The molecule has 0 radical (unpaired) electrons. The molecule has 0 aromatic carbocycles. The van der Waals surface area contributed by atoms with Gasteiger partial charge in [0.05, 0.1) is 12.8 Å². The first-order valence-corrected chi connectivity index (χ1v) is 6.20. The van der Waals surface area contributed by atoms with Crippen molar-refractivity contribution in [1.29, 1.82) is 0 Å². The van der Waals surface area contributed by atoms with Gasteiger partial charge in [0.2, 0.25) is 5.91 Å². The molecule has 0 aliphatic carbocycles. The van der Waals surface area contributed by atoms with Gasteiger partial charge in [-0.1, -0.05) is 6.92 Å². The first-order valence-electron chi connectivity index (χ1n) is 6.20. The minimum absolute atomic E-state index is 0.0356. The number of rotatable bonds is 7. The fourth-order valence-corrected chi connectivity index (χ4v) is 1.80. The molecule has 0 aliphatic heterocycles. The number of hydrogen-bond donors (Lipinski definition) is 1. The van der Waals surface area contributed by atoms with Gasteiger partial charge in [-0.25, -0.2) is 0 Å². The highest BCUT2D eigenvalue weighted by molar-refractivity contribution is 5.78. The van der Waals surface area contributed by atoms with E-state index in [0.717, 1.165) is 18.6 Å². The monoisotopic (exact) mass is 238 g/mol. The average molecular weight is 238 g/mol. The molecule has 2 N–H and O–H groups in total. The van der Waals surface area contributed by atoms with Crippen LogP contribution in [0.1, 0.15) is 32.4 Å². The summed E-state index contributed by atoms with van der Waals surface area (Å²) in [4.78, 5) is 14.0. The van der Waals surface area contributed by atoms with Crippen LogP contribution in [0, 0.1) is 5.92 Å². The minimum atomic E-state index is 0.0356. The van der Waals surface area contributed by atoms with Crippen molar-refractivity contribution in [2.75, 3.05) is 13.1 Å². The van der Waals surface area contributed by atoms with Crippen molar-refractivity contribution in [3.63, 3.8) is 0 Å². The zero-order valence-corrected chi connectivity index (χ0v) is 10.7. The Morgan fingerprint density at radius 2 is 2.35 bits per heavy atom. The molecule has 96 valence electrons. The molecule has 1 rings (SSSR count).